The average Bonchev–Trinajstić information content (AvgIpc) is 2.93. The molecule has 3 aromatic carbocycles. The standard InChI is InChI=1S/C23H19NO3/c1-23(22(26)27-18-12-6-3-7-13-18)19-14-8-9-15-20(19)24(21(23)25)16-17-10-4-2-5-11-17/h2-15H,16H2,1H3/t23-/m1/s1. The predicted molar refractivity (Wildman–Crippen MR) is 104 cm³/mol. The van der Waals surface area contributed by atoms with Crippen molar-refractivity contribution in [2.45, 2.75) is 18.9 Å². The molecule has 0 saturated carbocycles. The average molecular weight is 357 g/mol. The number of fused-ring (bicyclic) bond motifs is 1. The monoisotopic (exact) mass is 357 g/mol. The van der Waals surface area contributed by atoms with Crippen molar-refractivity contribution in [2.75, 3.05) is 4.90 Å². The van der Waals surface area contributed by atoms with Gasteiger partial charge in [0.15, 0.2) is 5.41 Å². The van der Waals surface area contributed by atoms with Gasteiger partial charge in [0, 0.05) is 11.3 Å². The molecule has 0 N–H and O–H groups in total. The quantitative estimate of drug-likeness (QED) is 0.401. The lowest BCUT2D eigenvalue weighted by atomic mass is 9.84. The van der Waals surface area contributed by atoms with Gasteiger partial charge in [0.1, 0.15) is 5.75 Å². The van der Waals surface area contributed by atoms with Gasteiger partial charge in [0.25, 0.3) is 0 Å². The summed E-state index contributed by atoms with van der Waals surface area (Å²) in [6.07, 6.45) is 0. The second-order valence-electron chi connectivity index (χ2n) is 6.72. The van der Waals surface area contributed by atoms with Crippen LogP contribution in [0.5, 0.6) is 5.75 Å². The van der Waals surface area contributed by atoms with E-state index in [0.717, 1.165) is 11.3 Å². The smallest absolute Gasteiger partial charge is 0.331 e. The third-order valence-electron chi connectivity index (χ3n) is 4.95. The molecule has 0 saturated heterocycles. The Hall–Kier alpha value is -3.40. The summed E-state index contributed by atoms with van der Waals surface area (Å²) in [5, 5.41) is 0. The summed E-state index contributed by atoms with van der Waals surface area (Å²) in [7, 11) is 0. The van der Waals surface area contributed by atoms with E-state index < -0.39 is 11.4 Å². The molecule has 3 aromatic rings. The van der Waals surface area contributed by atoms with Crippen molar-refractivity contribution in [3.63, 3.8) is 0 Å². The lowest BCUT2D eigenvalue weighted by Gasteiger charge is -2.22. The van der Waals surface area contributed by atoms with Crippen LogP contribution in [0, 0.1) is 0 Å². The number of benzene rings is 3. The number of hydrogen-bond acceptors (Lipinski definition) is 3. The van der Waals surface area contributed by atoms with Crippen molar-refractivity contribution in [1.29, 1.82) is 0 Å². The third-order valence-corrected chi connectivity index (χ3v) is 4.95. The van der Waals surface area contributed by atoms with Crippen LogP contribution in [0.4, 0.5) is 5.69 Å². The first-order chi connectivity index (χ1) is 13.1. The molecule has 0 radical (unpaired) electrons. The normalized spacial score (nSPS) is 18.3. The summed E-state index contributed by atoms with van der Waals surface area (Å²) in [5.74, 6) is -0.411. The number of carbonyl (C=O) groups excluding carboxylic acids is 2. The first-order valence-electron chi connectivity index (χ1n) is 8.83. The molecule has 0 fully saturated rings. The third kappa shape index (κ3) is 2.89. The summed E-state index contributed by atoms with van der Waals surface area (Å²) in [5.41, 5.74) is 1.05. The van der Waals surface area contributed by atoms with Crippen LogP contribution in [0.3, 0.4) is 0 Å². The molecule has 4 heteroatoms. The Morgan fingerprint density at radius 1 is 0.889 bits per heavy atom. The SMILES string of the molecule is C[C@]1(C(=O)Oc2ccccc2)C(=O)N(Cc2ccccc2)c2ccccc21. The van der Waals surface area contributed by atoms with Gasteiger partial charge in [-0.1, -0.05) is 66.7 Å². The maximum atomic E-state index is 13.3. The van der Waals surface area contributed by atoms with E-state index in [9.17, 15) is 9.59 Å². The molecular formula is C23H19NO3. The molecule has 0 spiro atoms. The minimum atomic E-state index is -1.37. The fourth-order valence-electron chi connectivity index (χ4n) is 3.44. The molecule has 1 atom stereocenters. The number of ether oxygens (including phenoxy) is 1. The highest BCUT2D eigenvalue weighted by molar-refractivity contribution is 6.20. The lowest BCUT2D eigenvalue weighted by molar-refractivity contribution is -0.145. The minimum Gasteiger partial charge on any atom is -0.425 e. The highest BCUT2D eigenvalue weighted by Gasteiger charge is 2.54. The van der Waals surface area contributed by atoms with Crippen molar-refractivity contribution in [2.24, 2.45) is 0 Å². The molecule has 1 amide bonds. The van der Waals surface area contributed by atoms with Gasteiger partial charge in [0.05, 0.1) is 6.54 Å². The van der Waals surface area contributed by atoms with Gasteiger partial charge in [-0.25, -0.2) is 0 Å². The van der Waals surface area contributed by atoms with Crippen LogP contribution in [0.2, 0.25) is 0 Å². The Kier molecular flexibility index (Phi) is 4.24. The van der Waals surface area contributed by atoms with Crippen LogP contribution >= 0.6 is 0 Å². The topological polar surface area (TPSA) is 46.6 Å². The largest absolute Gasteiger partial charge is 0.425 e. The van der Waals surface area contributed by atoms with Crippen molar-refractivity contribution < 1.29 is 14.3 Å². The molecule has 1 aliphatic rings. The van der Waals surface area contributed by atoms with Gasteiger partial charge in [-0.05, 0) is 30.7 Å². The van der Waals surface area contributed by atoms with Crippen LogP contribution in [0.1, 0.15) is 18.1 Å². The van der Waals surface area contributed by atoms with Gasteiger partial charge >= 0.3 is 5.97 Å². The molecule has 0 unspecified atom stereocenters. The maximum Gasteiger partial charge on any atom is 0.331 e. The van der Waals surface area contributed by atoms with E-state index in [4.69, 9.17) is 4.74 Å². The number of nitrogens with zero attached hydrogens (tertiary/aromatic N) is 1. The number of para-hydroxylation sites is 2. The van der Waals surface area contributed by atoms with Crippen LogP contribution in [-0.2, 0) is 21.5 Å². The summed E-state index contributed by atoms with van der Waals surface area (Å²) in [6, 6.07) is 26.0. The van der Waals surface area contributed by atoms with Crippen LogP contribution in [0.15, 0.2) is 84.9 Å². The van der Waals surface area contributed by atoms with Crippen LogP contribution in [0.25, 0.3) is 0 Å². The van der Waals surface area contributed by atoms with E-state index in [-0.39, 0.29) is 5.91 Å². The van der Waals surface area contributed by atoms with E-state index in [0.29, 0.717) is 17.9 Å². The summed E-state index contributed by atoms with van der Waals surface area (Å²) in [4.78, 5) is 28.0. The van der Waals surface area contributed by atoms with E-state index >= 15 is 0 Å². The molecule has 0 bridgehead atoms. The predicted octanol–water partition coefficient (Wildman–Crippen LogP) is 4.10. The minimum absolute atomic E-state index is 0.270. The number of carbonyl (C=O) groups is 2. The molecule has 134 valence electrons. The van der Waals surface area contributed by atoms with Crippen molar-refractivity contribution in [3.8, 4) is 5.75 Å². The molecular weight excluding hydrogens is 338 g/mol. The number of esters is 1. The Morgan fingerprint density at radius 2 is 1.48 bits per heavy atom. The van der Waals surface area contributed by atoms with E-state index in [1.165, 1.54) is 0 Å². The highest BCUT2D eigenvalue weighted by Crippen LogP contribution is 2.43. The number of amides is 1. The number of hydrogen-bond donors (Lipinski definition) is 0. The lowest BCUT2D eigenvalue weighted by Crippen LogP contribution is -2.45. The van der Waals surface area contributed by atoms with Gasteiger partial charge in [-0.2, -0.15) is 0 Å². The van der Waals surface area contributed by atoms with Crippen LogP contribution in [-0.4, -0.2) is 11.9 Å². The fourth-order valence-corrected chi connectivity index (χ4v) is 3.44. The second-order valence-corrected chi connectivity index (χ2v) is 6.72. The maximum absolute atomic E-state index is 13.3. The van der Waals surface area contributed by atoms with Gasteiger partial charge in [-0.15, -0.1) is 0 Å². The molecule has 4 nitrogen and oxygen atoms in total. The Labute approximate surface area is 158 Å². The number of rotatable bonds is 4. The fraction of sp³-hybridized carbons (Fsp3) is 0.130. The van der Waals surface area contributed by atoms with Gasteiger partial charge < -0.3 is 9.64 Å². The summed E-state index contributed by atoms with van der Waals surface area (Å²) < 4.78 is 5.54. The zero-order valence-corrected chi connectivity index (χ0v) is 15.0. The van der Waals surface area contributed by atoms with Crippen molar-refractivity contribution in [1.82, 2.24) is 0 Å². The van der Waals surface area contributed by atoms with E-state index in [2.05, 4.69) is 0 Å². The highest BCUT2D eigenvalue weighted by atomic mass is 16.5. The zero-order valence-electron chi connectivity index (χ0n) is 15.0. The molecule has 0 aromatic heterocycles. The first-order valence-corrected chi connectivity index (χ1v) is 8.83. The van der Waals surface area contributed by atoms with E-state index in [1.807, 2.05) is 60.7 Å². The molecule has 27 heavy (non-hydrogen) atoms. The number of anilines is 1. The second kappa shape index (κ2) is 6.72. The molecule has 1 aliphatic heterocycles. The molecule has 1 heterocycles. The van der Waals surface area contributed by atoms with Crippen molar-refractivity contribution in [3.05, 3.63) is 96.1 Å². The van der Waals surface area contributed by atoms with Gasteiger partial charge in [-0.3, -0.25) is 9.59 Å². The summed E-state index contributed by atoms with van der Waals surface area (Å²) >= 11 is 0. The summed E-state index contributed by atoms with van der Waals surface area (Å²) in [6.45, 7) is 2.05. The first kappa shape index (κ1) is 17.0. The van der Waals surface area contributed by atoms with Gasteiger partial charge in [0.2, 0.25) is 5.91 Å². The Morgan fingerprint density at radius 3 is 2.19 bits per heavy atom. The van der Waals surface area contributed by atoms with Crippen molar-refractivity contribution >= 4 is 17.6 Å². The van der Waals surface area contributed by atoms with E-state index in [1.54, 1.807) is 36.1 Å². The Balaban J connectivity index is 1.71. The molecule has 0 aliphatic carbocycles. The zero-order chi connectivity index (χ0) is 18.9. The molecule has 4 rings (SSSR count). The Bertz CT molecular complexity index is 985. The van der Waals surface area contributed by atoms with Crippen LogP contribution < -0.4 is 9.64 Å².